The Labute approximate surface area is 171 Å². The zero-order chi connectivity index (χ0) is 21.2. The second-order valence-corrected chi connectivity index (χ2v) is 6.99. The lowest BCUT2D eigenvalue weighted by atomic mass is 10.1. The molecule has 3 amide bonds. The summed E-state index contributed by atoms with van der Waals surface area (Å²) < 4.78 is 0. The number of benzene rings is 2. The smallest absolute Gasteiger partial charge is 0.251 e. The van der Waals surface area contributed by atoms with Crippen LogP contribution in [0, 0.1) is 0 Å². The zero-order valence-electron chi connectivity index (χ0n) is 17.0. The van der Waals surface area contributed by atoms with Gasteiger partial charge >= 0.3 is 0 Å². The third-order valence-electron chi connectivity index (χ3n) is 3.90. The topological polar surface area (TPSA) is 99.3 Å². The van der Waals surface area contributed by atoms with E-state index in [1.807, 2.05) is 20.8 Å². The molecule has 0 bridgehead atoms. The van der Waals surface area contributed by atoms with Crippen molar-refractivity contribution in [3.8, 4) is 0 Å². The van der Waals surface area contributed by atoms with Crippen molar-refractivity contribution in [3.05, 3.63) is 54.1 Å². The van der Waals surface area contributed by atoms with Crippen LogP contribution in [0.2, 0.25) is 0 Å². The maximum Gasteiger partial charge on any atom is 0.251 e. The average Bonchev–Trinajstić information content (AvgIpc) is 2.66. The molecule has 7 nitrogen and oxygen atoms in total. The summed E-state index contributed by atoms with van der Waals surface area (Å²) in [6, 6.07) is 14.0. The Morgan fingerprint density at radius 3 is 2.14 bits per heavy atom. The molecule has 0 aromatic heterocycles. The maximum absolute atomic E-state index is 12.2. The summed E-state index contributed by atoms with van der Waals surface area (Å²) >= 11 is 0. The molecule has 0 saturated carbocycles. The van der Waals surface area contributed by atoms with Crippen LogP contribution in [0.1, 0.15) is 44.0 Å². The molecule has 0 spiro atoms. The van der Waals surface area contributed by atoms with Crippen molar-refractivity contribution in [1.29, 1.82) is 0 Å². The molecule has 0 aliphatic heterocycles. The number of carbonyl (C=O) groups is 3. The van der Waals surface area contributed by atoms with E-state index in [0.717, 1.165) is 6.42 Å². The van der Waals surface area contributed by atoms with E-state index >= 15 is 0 Å². The standard InChI is InChI=1S/C22H28N4O3/c1-4-7-20(27)25-18-10-6-11-19(13-18)26-21(28)14-23-17-9-5-8-16(12-17)22(29)24-15(2)3/h5-6,8-13,15,23H,4,7,14H2,1-3H3,(H,24,29)(H,25,27)(H,26,28). The minimum atomic E-state index is -0.237. The lowest BCUT2D eigenvalue weighted by Gasteiger charge is -2.11. The lowest BCUT2D eigenvalue weighted by molar-refractivity contribution is -0.116. The second-order valence-electron chi connectivity index (χ2n) is 6.99. The van der Waals surface area contributed by atoms with Gasteiger partial charge in [0.2, 0.25) is 11.8 Å². The monoisotopic (exact) mass is 396 g/mol. The van der Waals surface area contributed by atoms with Gasteiger partial charge in [0.05, 0.1) is 6.54 Å². The highest BCUT2D eigenvalue weighted by Gasteiger charge is 2.09. The van der Waals surface area contributed by atoms with Crippen molar-refractivity contribution in [1.82, 2.24) is 5.32 Å². The molecule has 0 aliphatic carbocycles. The Hall–Kier alpha value is -3.35. The van der Waals surface area contributed by atoms with Crippen LogP contribution in [0.15, 0.2) is 48.5 Å². The first-order chi connectivity index (χ1) is 13.9. The van der Waals surface area contributed by atoms with E-state index < -0.39 is 0 Å². The molecule has 2 aromatic rings. The van der Waals surface area contributed by atoms with Gasteiger partial charge in [-0.05, 0) is 56.7 Å². The minimum Gasteiger partial charge on any atom is -0.376 e. The molecule has 0 atom stereocenters. The van der Waals surface area contributed by atoms with Gasteiger partial charge in [-0.1, -0.05) is 19.1 Å². The molecule has 4 N–H and O–H groups in total. The number of hydrogen-bond donors (Lipinski definition) is 4. The predicted octanol–water partition coefficient (Wildman–Crippen LogP) is 3.61. The van der Waals surface area contributed by atoms with Gasteiger partial charge in [-0.3, -0.25) is 14.4 Å². The molecule has 0 heterocycles. The van der Waals surface area contributed by atoms with Gasteiger partial charge in [-0.15, -0.1) is 0 Å². The molecular weight excluding hydrogens is 368 g/mol. The van der Waals surface area contributed by atoms with Gasteiger partial charge < -0.3 is 21.3 Å². The van der Waals surface area contributed by atoms with E-state index in [9.17, 15) is 14.4 Å². The van der Waals surface area contributed by atoms with Gasteiger partial charge in [-0.2, -0.15) is 0 Å². The average molecular weight is 396 g/mol. The molecule has 29 heavy (non-hydrogen) atoms. The summed E-state index contributed by atoms with van der Waals surface area (Å²) in [4.78, 5) is 36.0. The third kappa shape index (κ3) is 7.65. The van der Waals surface area contributed by atoms with Gasteiger partial charge in [0.15, 0.2) is 0 Å². The highest BCUT2D eigenvalue weighted by atomic mass is 16.2. The Balaban J connectivity index is 1.90. The first-order valence-electron chi connectivity index (χ1n) is 9.72. The molecular formula is C22H28N4O3. The number of amides is 3. The normalized spacial score (nSPS) is 10.3. The van der Waals surface area contributed by atoms with Crippen molar-refractivity contribution < 1.29 is 14.4 Å². The van der Waals surface area contributed by atoms with Crippen molar-refractivity contribution in [2.24, 2.45) is 0 Å². The molecule has 2 rings (SSSR count). The van der Waals surface area contributed by atoms with Gasteiger partial charge in [0, 0.05) is 35.1 Å². The molecule has 7 heteroatoms. The fourth-order valence-corrected chi connectivity index (χ4v) is 2.63. The van der Waals surface area contributed by atoms with Gasteiger partial charge in [-0.25, -0.2) is 0 Å². The number of anilines is 3. The molecule has 2 aromatic carbocycles. The zero-order valence-corrected chi connectivity index (χ0v) is 17.0. The van der Waals surface area contributed by atoms with Crippen LogP contribution in [-0.2, 0) is 9.59 Å². The van der Waals surface area contributed by atoms with E-state index in [-0.39, 0.29) is 30.3 Å². The number of rotatable bonds is 9. The van der Waals surface area contributed by atoms with Crippen LogP contribution in [0.3, 0.4) is 0 Å². The van der Waals surface area contributed by atoms with Crippen LogP contribution in [-0.4, -0.2) is 30.3 Å². The number of nitrogens with one attached hydrogen (secondary N) is 4. The Bertz CT molecular complexity index is 865. The van der Waals surface area contributed by atoms with E-state index in [1.54, 1.807) is 48.5 Å². The van der Waals surface area contributed by atoms with E-state index in [1.165, 1.54) is 0 Å². The summed E-state index contributed by atoms with van der Waals surface area (Å²) in [5.41, 5.74) is 2.44. The number of carbonyl (C=O) groups excluding carboxylic acids is 3. The van der Waals surface area contributed by atoms with E-state index in [4.69, 9.17) is 0 Å². The summed E-state index contributed by atoms with van der Waals surface area (Å²) in [6.07, 6.45) is 1.23. The summed E-state index contributed by atoms with van der Waals surface area (Å²) in [6.45, 7) is 5.78. The van der Waals surface area contributed by atoms with Gasteiger partial charge in [0.1, 0.15) is 0 Å². The van der Waals surface area contributed by atoms with Crippen LogP contribution >= 0.6 is 0 Å². The molecule has 0 unspecified atom stereocenters. The van der Waals surface area contributed by atoms with Crippen molar-refractivity contribution in [2.75, 3.05) is 22.5 Å². The fourth-order valence-electron chi connectivity index (χ4n) is 2.63. The predicted molar refractivity (Wildman–Crippen MR) is 116 cm³/mol. The van der Waals surface area contributed by atoms with Crippen LogP contribution in [0.5, 0.6) is 0 Å². The summed E-state index contributed by atoms with van der Waals surface area (Å²) in [5, 5.41) is 11.4. The molecule has 0 fully saturated rings. The quantitative estimate of drug-likeness (QED) is 0.520. The first-order valence-corrected chi connectivity index (χ1v) is 9.72. The van der Waals surface area contributed by atoms with Crippen molar-refractivity contribution >= 4 is 34.8 Å². The highest BCUT2D eigenvalue weighted by molar-refractivity contribution is 5.97. The van der Waals surface area contributed by atoms with Gasteiger partial charge in [0.25, 0.3) is 5.91 Å². The van der Waals surface area contributed by atoms with Crippen molar-refractivity contribution in [3.63, 3.8) is 0 Å². The minimum absolute atomic E-state index is 0.0433. The Morgan fingerprint density at radius 2 is 1.48 bits per heavy atom. The molecule has 154 valence electrons. The van der Waals surface area contributed by atoms with E-state index in [0.29, 0.717) is 29.0 Å². The Kier molecular flexibility index (Phi) is 8.21. The largest absolute Gasteiger partial charge is 0.376 e. The van der Waals surface area contributed by atoms with E-state index in [2.05, 4.69) is 21.3 Å². The van der Waals surface area contributed by atoms with Crippen LogP contribution in [0.4, 0.5) is 17.1 Å². The van der Waals surface area contributed by atoms with Crippen LogP contribution < -0.4 is 21.3 Å². The van der Waals surface area contributed by atoms with Crippen molar-refractivity contribution in [2.45, 2.75) is 39.7 Å². The highest BCUT2D eigenvalue weighted by Crippen LogP contribution is 2.16. The Morgan fingerprint density at radius 1 is 0.862 bits per heavy atom. The fraction of sp³-hybridized carbons (Fsp3) is 0.318. The maximum atomic E-state index is 12.2. The molecule has 0 aliphatic rings. The SMILES string of the molecule is CCCC(=O)Nc1cccc(NC(=O)CNc2cccc(C(=O)NC(C)C)c2)c1. The summed E-state index contributed by atoms with van der Waals surface area (Å²) in [7, 11) is 0. The first kappa shape index (κ1) is 21.9. The molecule has 0 radical (unpaired) electrons. The third-order valence-corrected chi connectivity index (χ3v) is 3.90. The van der Waals surface area contributed by atoms with Crippen LogP contribution in [0.25, 0.3) is 0 Å². The lowest BCUT2D eigenvalue weighted by Crippen LogP contribution is -2.30. The summed E-state index contributed by atoms with van der Waals surface area (Å²) in [5.74, 6) is -0.451. The second kappa shape index (κ2) is 10.8. The number of hydrogen-bond acceptors (Lipinski definition) is 4. The molecule has 0 saturated heterocycles.